The van der Waals surface area contributed by atoms with E-state index in [0.29, 0.717) is 11.5 Å². The van der Waals surface area contributed by atoms with Crippen molar-refractivity contribution in [1.82, 2.24) is 5.32 Å². The van der Waals surface area contributed by atoms with E-state index >= 15 is 0 Å². The van der Waals surface area contributed by atoms with Crippen LogP contribution in [0.5, 0.6) is 17.2 Å². The minimum Gasteiger partial charge on any atom is -0.497 e. The van der Waals surface area contributed by atoms with Gasteiger partial charge in [0, 0.05) is 6.07 Å². The topological polar surface area (TPSA) is 94.2 Å². The van der Waals surface area contributed by atoms with Crippen molar-refractivity contribution < 1.29 is 27.4 Å². The van der Waals surface area contributed by atoms with E-state index in [-0.39, 0.29) is 18.8 Å². The number of carbonyl (C=O) groups is 1. The monoisotopic (exact) mass is 436 g/mol. The van der Waals surface area contributed by atoms with Gasteiger partial charge in [-0.15, -0.1) is 0 Å². The number of hydrogen-bond donors (Lipinski definition) is 1. The number of sulfonamides is 1. The van der Waals surface area contributed by atoms with Crippen LogP contribution < -0.4 is 23.8 Å². The van der Waals surface area contributed by atoms with Crippen molar-refractivity contribution in [3.8, 4) is 17.2 Å². The molecular formula is C21H28N2O6S. The number of ether oxygens (including phenoxy) is 3. The summed E-state index contributed by atoms with van der Waals surface area (Å²) in [6.45, 7) is 4.06. The van der Waals surface area contributed by atoms with Crippen LogP contribution in [0.3, 0.4) is 0 Å². The van der Waals surface area contributed by atoms with E-state index in [9.17, 15) is 13.2 Å². The van der Waals surface area contributed by atoms with Gasteiger partial charge in [0.2, 0.25) is 15.9 Å². The number of carbonyl (C=O) groups excluding carboxylic acids is 1. The molecule has 0 aliphatic heterocycles. The molecule has 0 atom stereocenters. The Bertz CT molecular complexity index is 991. The zero-order chi connectivity index (χ0) is 22.3. The lowest BCUT2D eigenvalue weighted by Crippen LogP contribution is -2.41. The third-order valence-corrected chi connectivity index (χ3v) is 5.71. The molecule has 0 fully saturated rings. The van der Waals surface area contributed by atoms with Crippen LogP contribution >= 0.6 is 0 Å². The molecule has 0 aliphatic rings. The number of nitrogens with one attached hydrogen (secondary N) is 1. The van der Waals surface area contributed by atoms with Crippen LogP contribution in [0, 0.1) is 13.8 Å². The third kappa shape index (κ3) is 6.03. The summed E-state index contributed by atoms with van der Waals surface area (Å²) in [5.74, 6) is 1.05. The smallest absolute Gasteiger partial charge is 0.240 e. The van der Waals surface area contributed by atoms with Crippen molar-refractivity contribution in [1.29, 1.82) is 0 Å². The van der Waals surface area contributed by atoms with Crippen molar-refractivity contribution in [2.75, 3.05) is 44.5 Å². The number of amides is 1. The molecule has 0 aromatic heterocycles. The van der Waals surface area contributed by atoms with E-state index in [1.165, 1.54) is 20.3 Å². The van der Waals surface area contributed by atoms with Gasteiger partial charge in [0.15, 0.2) is 0 Å². The summed E-state index contributed by atoms with van der Waals surface area (Å²) in [5, 5.41) is 2.68. The van der Waals surface area contributed by atoms with Gasteiger partial charge in [-0.3, -0.25) is 9.10 Å². The van der Waals surface area contributed by atoms with Crippen molar-refractivity contribution in [2.45, 2.75) is 13.8 Å². The molecule has 2 aromatic carbocycles. The number of methoxy groups -OCH3 is 2. The van der Waals surface area contributed by atoms with Crippen LogP contribution in [0.4, 0.5) is 5.69 Å². The molecule has 2 rings (SSSR count). The molecule has 0 radical (unpaired) electrons. The quantitative estimate of drug-likeness (QED) is 0.575. The van der Waals surface area contributed by atoms with Gasteiger partial charge < -0.3 is 19.5 Å². The second-order valence-electron chi connectivity index (χ2n) is 6.70. The maximum Gasteiger partial charge on any atom is 0.240 e. The number of benzene rings is 2. The van der Waals surface area contributed by atoms with E-state index in [4.69, 9.17) is 14.2 Å². The van der Waals surface area contributed by atoms with Crippen LogP contribution in [-0.2, 0) is 14.8 Å². The van der Waals surface area contributed by atoms with E-state index < -0.39 is 22.5 Å². The Balaban J connectivity index is 2.04. The molecule has 1 amide bonds. The molecule has 2 aromatic rings. The second kappa shape index (κ2) is 10.2. The fourth-order valence-corrected chi connectivity index (χ4v) is 3.64. The fourth-order valence-electron chi connectivity index (χ4n) is 2.79. The molecule has 0 aliphatic carbocycles. The average Bonchev–Trinajstić information content (AvgIpc) is 2.71. The summed E-state index contributed by atoms with van der Waals surface area (Å²) in [6, 6.07) is 10.5. The fraction of sp³-hybridized carbons (Fsp3) is 0.381. The van der Waals surface area contributed by atoms with Crippen molar-refractivity contribution >= 4 is 21.6 Å². The molecule has 30 heavy (non-hydrogen) atoms. The summed E-state index contributed by atoms with van der Waals surface area (Å²) >= 11 is 0. The lowest BCUT2D eigenvalue weighted by atomic mass is 10.1. The largest absolute Gasteiger partial charge is 0.497 e. The van der Waals surface area contributed by atoms with Gasteiger partial charge in [0.1, 0.15) is 30.4 Å². The summed E-state index contributed by atoms with van der Waals surface area (Å²) < 4.78 is 41.8. The first-order chi connectivity index (χ1) is 14.2. The van der Waals surface area contributed by atoms with Crippen LogP contribution in [0.15, 0.2) is 36.4 Å². The molecule has 0 heterocycles. The minimum atomic E-state index is -3.75. The Morgan fingerprint density at radius 1 is 1.07 bits per heavy atom. The Hall–Kier alpha value is -2.94. The van der Waals surface area contributed by atoms with E-state index in [2.05, 4.69) is 5.32 Å². The standard InChI is InChI=1S/C21H28N2O6S/c1-15-7-6-8-19(16(15)2)29-12-11-22-21(24)14-23(30(5,25)26)18-13-17(27-3)9-10-20(18)28-4/h6-10,13H,11-12,14H2,1-5H3,(H,22,24). The van der Waals surface area contributed by atoms with Crippen molar-refractivity contribution in [2.24, 2.45) is 0 Å². The minimum absolute atomic E-state index is 0.223. The normalized spacial score (nSPS) is 11.0. The number of hydrogen-bond acceptors (Lipinski definition) is 6. The van der Waals surface area contributed by atoms with Crippen LogP contribution in [0.2, 0.25) is 0 Å². The number of anilines is 1. The summed E-state index contributed by atoms with van der Waals surface area (Å²) in [6.07, 6.45) is 1.03. The van der Waals surface area contributed by atoms with Gasteiger partial charge in [0.25, 0.3) is 0 Å². The Labute approximate surface area is 177 Å². The number of nitrogens with zero attached hydrogens (tertiary/aromatic N) is 1. The first kappa shape index (κ1) is 23.3. The van der Waals surface area contributed by atoms with Crippen LogP contribution in [0.1, 0.15) is 11.1 Å². The van der Waals surface area contributed by atoms with Crippen molar-refractivity contribution in [3.63, 3.8) is 0 Å². The Morgan fingerprint density at radius 3 is 2.43 bits per heavy atom. The van der Waals surface area contributed by atoms with E-state index in [1.807, 2.05) is 32.0 Å². The van der Waals surface area contributed by atoms with E-state index in [0.717, 1.165) is 27.4 Å². The zero-order valence-corrected chi connectivity index (χ0v) is 18.7. The van der Waals surface area contributed by atoms with Gasteiger partial charge in [-0.1, -0.05) is 12.1 Å². The molecule has 164 valence electrons. The molecule has 0 unspecified atom stereocenters. The predicted octanol–water partition coefficient (Wildman–Crippen LogP) is 2.28. The first-order valence-corrected chi connectivity index (χ1v) is 11.2. The predicted molar refractivity (Wildman–Crippen MR) is 116 cm³/mol. The summed E-state index contributed by atoms with van der Waals surface area (Å²) in [7, 11) is -0.851. The summed E-state index contributed by atoms with van der Waals surface area (Å²) in [4.78, 5) is 12.4. The SMILES string of the molecule is COc1ccc(OC)c(N(CC(=O)NCCOc2cccc(C)c2C)S(C)(=O)=O)c1. The molecular weight excluding hydrogens is 408 g/mol. The average molecular weight is 437 g/mol. The van der Waals surface area contributed by atoms with Gasteiger partial charge >= 0.3 is 0 Å². The van der Waals surface area contributed by atoms with Gasteiger partial charge in [0.05, 0.1) is 32.7 Å². The third-order valence-electron chi connectivity index (χ3n) is 4.58. The molecule has 9 heteroatoms. The van der Waals surface area contributed by atoms with E-state index in [1.54, 1.807) is 12.1 Å². The van der Waals surface area contributed by atoms with Crippen molar-refractivity contribution in [3.05, 3.63) is 47.5 Å². The van der Waals surface area contributed by atoms with Gasteiger partial charge in [-0.25, -0.2) is 8.42 Å². The molecule has 0 bridgehead atoms. The zero-order valence-electron chi connectivity index (χ0n) is 17.9. The van der Waals surface area contributed by atoms with Gasteiger partial charge in [-0.05, 0) is 43.2 Å². The molecule has 1 N–H and O–H groups in total. The highest BCUT2D eigenvalue weighted by molar-refractivity contribution is 7.92. The lowest BCUT2D eigenvalue weighted by molar-refractivity contribution is -0.119. The Morgan fingerprint density at radius 2 is 1.80 bits per heavy atom. The highest BCUT2D eigenvalue weighted by Crippen LogP contribution is 2.33. The molecule has 8 nitrogen and oxygen atoms in total. The molecule has 0 saturated carbocycles. The van der Waals surface area contributed by atoms with Crippen LogP contribution in [-0.4, -0.2) is 54.5 Å². The van der Waals surface area contributed by atoms with Crippen LogP contribution in [0.25, 0.3) is 0 Å². The number of rotatable bonds is 10. The lowest BCUT2D eigenvalue weighted by Gasteiger charge is -2.24. The highest BCUT2D eigenvalue weighted by atomic mass is 32.2. The molecule has 0 saturated heterocycles. The number of aryl methyl sites for hydroxylation is 1. The maximum atomic E-state index is 12.4. The first-order valence-electron chi connectivity index (χ1n) is 9.32. The van der Waals surface area contributed by atoms with Gasteiger partial charge in [-0.2, -0.15) is 0 Å². The highest BCUT2D eigenvalue weighted by Gasteiger charge is 2.24. The summed E-state index contributed by atoms with van der Waals surface area (Å²) in [5.41, 5.74) is 2.38. The maximum absolute atomic E-state index is 12.4. The Kier molecular flexibility index (Phi) is 7.93. The second-order valence-corrected chi connectivity index (χ2v) is 8.61. The molecule has 0 spiro atoms.